The summed E-state index contributed by atoms with van der Waals surface area (Å²) in [6.07, 6.45) is 3.11. The minimum atomic E-state index is 0.842. The summed E-state index contributed by atoms with van der Waals surface area (Å²) in [4.78, 5) is 0. The molecule has 0 saturated heterocycles. The molecule has 0 bridgehead atoms. The Bertz CT molecular complexity index is 783. The van der Waals surface area contributed by atoms with Gasteiger partial charge in [-0.1, -0.05) is 19.1 Å². The Morgan fingerprint density at radius 3 is 2.71 bits per heavy atom. The quantitative estimate of drug-likeness (QED) is 0.680. The zero-order valence-electron chi connectivity index (χ0n) is 12.7. The lowest BCUT2D eigenvalue weighted by molar-refractivity contribution is 0.598. The maximum absolute atomic E-state index is 4.68. The SMILES string of the molecule is CCc1nn(CC)c(Cn2ccc3ccc(C)cc32)c1Br. The highest BCUT2D eigenvalue weighted by atomic mass is 79.9. The first-order chi connectivity index (χ1) is 10.1. The van der Waals surface area contributed by atoms with Gasteiger partial charge in [-0.05, 0) is 59.3 Å². The van der Waals surface area contributed by atoms with Crippen LogP contribution in [0.2, 0.25) is 0 Å². The summed E-state index contributed by atoms with van der Waals surface area (Å²) in [5.41, 5.74) is 4.96. The predicted octanol–water partition coefficient (Wildman–Crippen LogP) is 4.54. The molecule has 0 N–H and O–H groups in total. The highest BCUT2D eigenvalue weighted by molar-refractivity contribution is 9.10. The van der Waals surface area contributed by atoms with Crippen molar-refractivity contribution in [2.24, 2.45) is 0 Å². The maximum atomic E-state index is 4.68. The van der Waals surface area contributed by atoms with E-state index in [0.717, 1.165) is 29.7 Å². The van der Waals surface area contributed by atoms with Gasteiger partial charge in [-0.3, -0.25) is 4.68 Å². The van der Waals surface area contributed by atoms with Crippen LogP contribution in [-0.4, -0.2) is 14.3 Å². The van der Waals surface area contributed by atoms with E-state index in [-0.39, 0.29) is 0 Å². The molecule has 3 nitrogen and oxygen atoms in total. The lowest BCUT2D eigenvalue weighted by Gasteiger charge is -2.09. The number of benzene rings is 1. The van der Waals surface area contributed by atoms with Crippen LogP contribution in [0.15, 0.2) is 34.9 Å². The van der Waals surface area contributed by atoms with Gasteiger partial charge in [0.15, 0.2) is 0 Å². The van der Waals surface area contributed by atoms with Gasteiger partial charge in [0, 0.05) is 18.3 Å². The molecule has 0 aliphatic rings. The van der Waals surface area contributed by atoms with Crippen LogP contribution in [0, 0.1) is 6.92 Å². The Morgan fingerprint density at radius 2 is 2.00 bits per heavy atom. The average Bonchev–Trinajstić information content (AvgIpc) is 3.01. The fourth-order valence-corrected chi connectivity index (χ4v) is 3.45. The largest absolute Gasteiger partial charge is 0.341 e. The van der Waals surface area contributed by atoms with E-state index in [1.54, 1.807) is 0 Å². The van der Waals surface area contributed by atoms with Gasteiger partial charge in [0.2, 0.25) is 0 Å². The first-order valence-electron chi connectivity index (χ1n) is 7.43. The molecule has 110 valence electrons. The van der Waals surface area contributed by atoms with E-state index < -0.39 is 0 Å². The van der Waals surface area contributed by atoms with Crippen LogP contribution in [0.5, 0.6) is 0 Å². The number of fused-ring (bicyclic) bond motifs is 1. The molecule has 1 aromatic carbocycles. The lowest BCUT2D eigenvalue weighted by atomic mass is 10.2. The highest BCUT2D eigenvalue weighted by Gasteiger charge is 2.14. The molecule has 0 amide bonds. The number of nitrogens with zero attached hydrogens (tertiary/aromatic N) is 3. The third kappa shape index (κ3) is 2.53. The second-order valence-electron chi connectivity index (χ2n) is 5.38. The van der Waals surface area contributed by atoms with Crippen LogP contribution in [0.25, 0.3) is 10.9 Å². The minimum absolute atomic E-state index is 0.842. The molecule has 0 radical (unpaired) electrons. The van der Waals surface area contributed by atoms with Gasteiger partial charge < -0.3 is 4.57 Å². The third-order valence-corrected chi connectivity index (χ3v) is 4.86. The molecule has 0 aliphatic carbocycles. The molecule has 0 atom stereocenters. The molecule has 4 heteroatoms. The van der Waals surface area contributed by atoms with Crippen LogP contribution < -0.4 is 0 Å². The van der Waals surface area contributed by atoms with E-state index >= 15 is 0 Å². The summed E-state index contributed by atoms with van der Waals surface area (Å²) < 4.78 is 5.56. The average molecular weight is 346 g/mol. The molecule has 0 fully saturated rings. The van der Waals surface area contributed by atoms with E-state index in [9.17, 15) is 0 Å². The van der Waals surface area contributed by atoms with Crippen LogP contribution in [0.4, 0.5) is 0 Å². The molecule has 2 heterocycles. The van der Waals surface area contributed by atoms with Crippen molar-refractivity contribution in [2.45, 2.75) is 40.3 Å². The normalized spacial score (nSPS) is 11.4. The number of rotatable bonds is 4. The van der Waals surface area contributed by atoms with Crippen molar-refractivity contribution in [3.63, 3.8) is 0 Å². The topological polar surface area (TPSA) is 22.8 Å². The van der Waals surface area contributed by atoms with E-state index in [4.69, 9.17) is 0 Å². The van der Waals surface area contributed by atoms with Gasteiger partial charge in [-0.25, -0.2) is 0 Å². The minimum Gasteiger partial charge on any atom is -0.341 e. The number of aryl methyl sites for hydroxylation is 3. The summed E-state index contributed by atoms with van der Waals surface area (Å²) in [5, 5.41) is 5.97. The smallest absolute Gasteiger partial charge is 0.0767 e. The molecule has 3 aromatic rings. The number of hydrogen-bond donors (Lipinski definition) is 0. The molecule has 0 aliphatic heterocycles. The Balaban J connectivity index is 2.06. The fourth-order valence-electron chi connectivity index (χ4n) is 2.76. The van der Waals surface area contributed by atoms with E-state index in [2.05, 4.69) is 81.5 Å². The van der Waals surface area contributed by atoms with Crippen molar-refractivity contribution in [1.82, 2.24) is 14.3 Å². The molecule has 0 unspecified atom stereocenters. The third-order valence-electron chi connectivity index (χ3n) is 3.94. The molecular formula is C17H20BrN3. The van der Waals surface area contributed by atoms with Crippen LogP contribution in [-0.2, 0) is 19.5 Å². The summed E-state index contributed by atoms with van der Waals surface area (Å²) in [7, 11) is 0. The Kier molecular flexibility index (Phi) is 3.89. The van der Waals surface area contributed by atoms with Crippen molar-refractivity contribution in [3.05, 3.63) is 51.9 Å². The second-order valence-corrected chi connectivity index (χ2v) is 6.18. The molecule has 0 saturated carbocycles. The zero-order valence-corrected chi connectivity index (χ0v) is 14.3. The van der Waals surface area contributed by atoms with Gasteiger partial charge in [0.05, 0.1) is 22.4 Å². The van der Waals surface area contributed by atoms with E-state index in [1.165, 1.54) is 22.2 Å². The predicted molar refractivity (Wildman–Crippen MR) is 90.8 cm³/mol. The number of aromatic nitrogens is 3. The highest BCUT2D eigenvalue weighted by Crippen LogP contribution is 2.25. The lowest BCUT2D eigenvalue weighted by Crippen LogP contribution is -2.07. The standard InChI is InChI=1S/C17H20BrN3/c1-4-14-17(18)16(21(5-2)19-14)11-20-9-8-13-7-6-12(3)10-15(13)20/h6-10H,4-5,11H2,1-3H3. The van der Waals surface area contributed by atoms with E-state index in [0.29, 0.717) is 0 Å². The van der Waals surface area contributed by atoms with E-state index in [1.807, 2.05) is 0 Å². The first-order valence-corrected chi connectivity index (χ1v) is 8.22. The second kappa shape index (κ2) is 5.68. The summed E-state index contributed by atoms with van der Waals surface area (Å²) in [6.45, 7) is 8.16. The molecule has 0 spiro atoms. The fraction of sp³-hybridized carbons (Fsp3) is 0.353. The molecule has 2 aromatic heterocycles. The Labute approximate surface area is 133 Å². The zero-order chi connectivity index (χ0) is 15.0. The molecule has 3 rings (SSSR count). The Hall–Kier alpha value is -1.55. The van der Waals surface area contributed by atoms with Crippen molar-refractivity contribution in [3.8, 4) is 0 Å². The molecular weight excluding hydrogens is 326 g/mol. The van der Waals surface area contributed by atoms with Crippen LogP contribution in [0.1, 0.15) is 30.8 Å². The van der Waals surface area contributed by atoms with Gasteiger partial charge in [0.25, 0.3) is 0 Å². The van der Waals surface area contributed by atoms with Gasteiger partial charge >= 0.3 is 0 Å². The first kappa shape index (κ1) is 14.4. The monoisotopic (exact) mass is 345 g/mol. The van der Waals surface area contributed by atoms with Crippen molar-refractivity contribution >= 4 is 26.8 Å². The maximum Gasteiger partial charge on any atom is 0.0767 e. The van der Waals surface area contributed by atoms with Crippen molar-refractivity contribution < 1.29 is 0 Å². The van der Waals surface area contributed by atoms with Crippen LogP contribution in [0.3, 0.4) is 0 Å². The van der Waals surface area contributed by atoms with Crippen LogP contribution >= 0.6 is 15.9 Å². The number of halogens is 1. The summed E-state index contributed by atoms with van der Waals surface area (Å²) in [6, 6.07) is 8.77. The number of hydrogen-bond acceptors (Lipinski definition) is 1. The summed E-state index contributed by atoms with van der Waals surface area (Å²) >= 11 is 3.73. The molecule has 21 heavy (non-hydrogen) atoms. The van der Waals surface area contributed by atoms with Gasteiger partial charge in [-0.15, -0.1) is 0 Å². The summed E-state index contributed by atoms with van der Waals surface area (Å²) in [5.74, 6) is 0. The van der Waals surface area contributed by atoms with Gasteiger partial charge in [0.1, 0.15) is 0 Å². The van der Waals surface area contributed by atoms with Crippen molar-refractivity contribution in [2.75, 3.05) is 0 Å². The van der Waals surface area contributed by atoms with Crippen molar-refractivity contribution in [1.29, 1.82) is 0 Å². The van der Waals surface area contributed by atoms with Gasteiger partial charge in [-0.2, -0.15) is 5.10 Å². The Morgan fingerprint density at radius 1 is 1.19 bits per heavy atom.